The van der Waals surface area contributed by atoms with Crippen molar-refractivity contribution in [1.82, 2.24) is 5.32 Å². The van der Waals surface area contributed by atoms with E-state index in [1.54, 1.807) is 19.1 Å². The number of aryl methyl sites for hydroxylation is 1. The minimum atomic E-state index is -1.32. The molecule has 1 amide bonds. The van der Waals surface area contributed by atoms with Crippen LogP contribution >= 0.6 is 0 Å². The second kappa shape index (κ2) is 6.87. The molecule has 2 unspecified atom stereocenters. The maximum Gasteiger partial charge on any atom is 0.331 e. The molecule has 120 valence electrons. The number of aliphatic carboxylic acids is 1. The van der Waals surface area contributed by atoms with Gasteiger partial charge in [-0.2, -0.15) is 0 Å². The summed E-state index contributed by atoms with van der Waals surface area (Å²) in [7, 11) is 0. The molecule has 1 fully saturated rings. The quantitative estimate of drug-likeness (QED) is 0.839. The third-order valence-electron chi connectivity index (χ3n) is 4.00. The summed E-state index contributed by atoms with van der Waals surface area (Å²) in [5, 5.41) is 11.9. The Kier molecular flexibility index (Phi) is 5.13. The Balaban J connectivity index is 1.90. The van der Waals surface area contributed by atoms with E-state index in [2.05, 4.69) is 5.32 Å². The minimum Gasteiger partial charge on any atom is -0.479 e. The number of benzene rings is 1. The minimum absolute atomic E-state index is 0.00924. The third-order valence-corrected chi connectivity index (χ3v) is 4.00. The monoisotopic (exact) mass is 309 g/mol. The SMILES string of the molecule is CC(CCc1cccc(F)c1)C(=O)NC1(C(=O)O)CCOC1. The highest BCUT2D eigenvalue weighted by atomic mass is 19.1. The summed E-state index contributed by atoms with van der Waals surface area (Å²) in [5.74, 6) is -2.05. The van der Waals surface area contributed by atoms with E-state index in [9.17, 15) is 19.1 Å². The zero-order chi connectivity index (χ0) is 16.2. The summed E-state index contributed by atoms with van der Waals surface area (Å²) in [5.41, 5.74) is -0.499. The topological polar surface area (TPSA) is 75.6 Å². The van der Waals surface area contributed by atoms with Crippen molar-refractivity contribution in [3.63, 3.8) is 0 Å². The first kappa shape index (κ1) is 16.4. The number of rotatable bonds is 6. The van der Waals surface area contributed by atoms with E-state index in [-0.39, 0.29) is 30.7 Å². The molecular weight excluding hydrogens is 289 g/mol. The summed E-state index contributed by atoms with van der Waals surface area (Å²) in [6.07, 6.45) is 1.35. The Labute approximate surface area is 128 Å². The molecule has 1 aromatic carbocycles. The van der Waals surface area contributed by atoms with Gasteiger partial charge >= 0.3 is 5.97 Å². The molecule has 22 heavy (non-hydrogen) atoms. The lowest BCUT2D eigenvalue weighted by molar-refractivity contribution is -0.148. The van der Waals surface area contributed by atoms with Crippen LogP contribution in [0.15, 0.2) is 24.3 Å². The van der Waals surface area contributed by atoms with Gasteiger partial charge in [-0.3, -0.25) is 4.79 Å². The fourth-order valence-electron chi connectivity index (χ4n) is 2.45. The maximum atomic E-state index is 13.1. The summed E-state index contributed by atoms with van der Waals surface area (Å²) in [4.78, 5) is 23.6. The molecule has 0 saturated carbocycles. The normalized spacial score (nSPS) is 22.3. The van der Waals surface area contributed by atoms with Crippen LogP contribution in [0.25, 0.3) is 0 Å². The molecule has 0 bridgehead atoms. The number of hydrogen-bond donors (Lipinski definition) is 2. The fraction of sp³-hybridized carbons (Fsp3) is 0.500. The van der Waals surface area contributed by atoms with Gasteiger partial charge in [0, 0.05) is 18.9 Å². The summed E-state index contributed by atoms with van der Waals surface area (Å²) >= 11 is 0. The molecule has 1 saturated heterocycles. The Morgan fingerprint density at radius 2 is 2.27 bits per heavy atom. The first-order chi connectivity index (χ1) is 10.4. The molecule has 2 rings (SSSR count). The number of ether oxygens (including phenoxy) is 1. The van der Waals surface area contributed by atoms with E-state index < -0.39 is 11.5 Å². The predicted octanol–water partition coefficient (Wildman–Crippen LogP) is 1.75. The van der Waals surface area contributed by atoms with E-state index in [1.807, 2.05) is 0 Å². The molecule has 2 N–H and O–H groups in total. The maximum absolute atomic E-state index is 13.1. The van der Waals surface area contributed by atoms with Gasteiger partial charge in [0.05, 0.1) is 6.61 Å². The summed E-state index contributed by atoms with van der Waals surface area (Å²) in [6, 6.07) is 6.24. The van der Waals surface area contributed by atoms with Crippen LogP contribution in [-0.2, 0) is 20.7 Å². The van der Waals surface area contributed by atoms with Gasteiger partial charge in [0.25, 0.3) is 0 Å². The van der Waals surface area contributed by atoms with E-state index in [1.165, 1.54) is 12.1 Å². The second-order valence-electron chi connectivity index (χ2n) is 5.75. The van der Waals surface area contributed by atoms with Crippen molar-refractivity contribution in [3.8, 4) is 0 Å². The second-order valence-corrected chi connectivity index (χ2v) is 5.75. The molecule has 1 aliphatic rings. The Morgan fingerprint density at radius 1 is 1.50 bits per heavy atom. The van der Waals surface area contributed by atoms with Crippen LogP contribution in [0.2, 0.25) is 0 Å². The van der Waals surface area contributed by atoms with Crippen LogP contribution in [0.3, 0.4) is 0 Å². The van der Waals surface area contributed by atoms with Crippen LogP contribution in [-0.4, -0.2) is 35.7 Å². The molecule has 1 aliphatic heterocycles. The molecule has 0 aromatic heterocycles. The van der Waals surface area contributed by atoms with Gasteiger partial charge in [0.2, 0.25) is 5.91 Å². The number of carboxylic acid groups (broad SMARTS) is 1. The lowest BCUT2D eigenvalue weighted by atomic mass is 9.95. The molecule has 0 aliphatic carbocycles. The lowest BCUT2D eigenvalue weighted by Gasteiger charge is -2.25. The number of carbonyl (C=O) groups is 2. The van der Waals surface area contributed by atoms with Crippen molar-refractivity contribution in [2.45, 2.75) is 31.7 Å². The number of carbonyl (C=O) groups excluding carboxylic acids is 1. The van der Waals surface area contributed by atoms with Crippen LogP contribution in [0.1, 0.15) is 25.3 Å². The van der Waals surface area contributed by atoms with Crippen molar-refractivity contribution in [3.05, 3.63) is 35.6 Å². The number of halogens is 1. The molecule has 0 radical (unpaired) electrons. The van der Waals surface area contributed by atoms with Gasteiger partial charge < -0.3 is 15.2 Å². The predicted molar refractivity (Wildman–Crippen MR) is 77.8 cm³/mol. The van der Waals surface area contributed by atoms with Gasteiger partial charge in [-0.05, 0) is 30.5 Å². The summed E-state index contributed by atoms with van der Waals surface area (Å²) in [6.45, 7) is 2.05. The summed E-state index contributed by atoms with van der Waals surface area (Å²) < 4.78 is 18.2. The highest BCUT2D eigenvalue weighted by molar-refractivity contribution is 5.88. The molecule has 5 nitrogen and oxygen atoms in total. The van der Waals surface area contributed by atoms with E-state index in [0.717, 1.165) is 5.56 Å². The standard InChI is InChI=1S/C16H20FNO4/c1-11(5-6-12-3-2-4-13(17)9-12)14(19)18-16(15(20)21)7-8-22-10-16/h2-4,9,11H,5-8,10H2,1H3,(H,18,19)(H,20,21). The Bertz CT molecular complexity index is 555. The van der Waals surface area contributed by atoms with E-state index in [4.69, 9.17) is 4.74 Å². The highest BCUT2D eigenvalue weighted by Gasteiger charge is 2.44. The zero-order valence-electron chi connectivity index (χ0n) is 12.5. The van der Waals surface area contributed by atoms with Crippen molar-refractivity contribution in [2.75, 3.05) is 13.2 Å². The van der Waals surface area contributed by atoms with Crippen LogP contribution in [0.5, 0.6) is 0 Å². The van der Waals surface area contributed by atoms with Gasteiger partial charge in [-0.15, -0.1) is 0 Å². The molecule has 1 heterocycles. The van der Waals surface area contributed by atoms with Crippen molar-refractivity contribution in [1.29, 1.82) is 0 Å². The average Bonchev–Trinajstić information content (AvgIpc) is 2.94. The van der Waals surface area contributed by atoms with Gasteiger partial charge in [0.1, 0.15) is 5.82 Å². The molecule has 6 heteroatoms. The zero-order valence-corrected chi connectivity index (χ0v) is 12.5. The highest BCUT2D eigenvalue weighted by Crippen LogP contribution is 2.20. The van der Waals surface area contributed by atoms with Gasteiger partial charge in [-0.1, -0.05) is 19.1 Å². The molecule has 0 spiro atoms. The van der Waals surface area contributed by atoms with Crippen molar-refractivity contribution in [2.24, 2.45) is 5.92 Å². The van der Waals surface area contributed by atoms with Crippen LogP contribution < -0.4 is 5.32 Å². The molecular formula is C16H20FNO4. The first-order valence-electron chi connectivity index (χ1n) is 7.30. The smallest absolute Gasteiger partial charge is 0.331 e. The number of carboxylic acids is 1. The lowest BCUT2D eigenvalue weighted by Crippen LogP contribution is -2.56. The van der Waals surface area contributed by atoms with Crippen molar-refractivity contribution >= 4 is 11.9 Å². The first-order valence-corrected chi connectivity index (χ1v) is 7.30. The number of hydrogen-bond acceptors (Lipinski definition) is 3. The van der Waals surface area contributed by atoms with E-state index >= 15 is 0 Å². The van der Waals surface area contributed by atoms with Crippen LogP contribution in [0, 0.1) is 11.7 Å². The largest absolute Gasteiger partial charge is 0.479 e. The van der Waals surface area contributed by atoms with E-state index in [0.29, 0.717) is 19.4 Å². The van der Waals surface area contributed by atoms with Gasteiger partial charge in [0.15, 0.2) is 5.54 Å². The third kappa shape index (κ3) is 3.82. The van der Waals surface area contributed by atoms with Crippen LogP contribution in [0.4, 0.5) is 4.39 Å². The number of nitrogens with one attached hydrogen (secondary N) is 1. The Morgan fingerprint density at radius 3 is 2.86 bits per heavy atom. The number of amides is 1. The van der Waals surface area contributed by atoms with Crippen molar-refractivity contribution < 1.29 is 23.8 Å². The Hall–Kier alpha value is -1.95. The van der Waals surface area contributed by atoms with Gasteiger partial charge in [-0.25, -0.2) is 9.18 Å². The molecule has 2 atom stereocenters. The fourth-order valence-corrected chi connectivity index (χ4v) is 2.45. The average molecular weight is 309 g/mol. The molecule has 1 aromatic rings.